The number of aryl methyl sites for hydroxylation is 1. The van der Waals surface area contributed by atoms with Crippen LogP contribution in [-0.2, 0) is 0 Å². The number of piperidine rings is 1. The van der Waals surface area contributed by atoms with Crippen LogP contribution in [0.5, 0.6) is 0 Å². The summed E-state index contributed by atoms with van der Waals surface area (Å²) in [7, 11) is 0. The largest absolute Gasteiger partial charge is 0.317 e. The lowest BCUT2D eigenvalue weighted by Gasteiger charge is -2.20. The predicted molar refractivity (Wildman–Crippen MR) is 83.1 cm³/mol. The molecule has 1 aliphatic rings. The van der Waals surface area contributed by atoms with E-state index in [9.17, 15) is 0 Å². The lowest BCUT2D eigenvalue weighted by Crippen LogP contribution is -2.26. The molecular formula is C17H23N3. The maximum absolute atomic E-state index is 4.55. The molecule has 3 heteroatoms. The second-order valence-electron chi connectivity index (χ2n) is 5.91. The van der Waals surface area contributed by atoms with E-state index in [4.69, 9.17) is 0 Å². The average molecular weight is 269 g/mol. The molecule has 1 aromatic heterocycles. The van der Waals surface area contributed by atoms with E-state index < -0.39 is 0 Å². The zero-order chi connectivity index (χ0) is 14.1. The summed E-state index contributed by atoms with van der Waals surface area (Å²) >= 11 is 0. The number of aromatic amines is 1. The van der Waals surface area contributed by atoms with Gasteiger partial charge in [-0.2, -0.15) is 5.10 Å². The van der Waals surface area contributed by atoms with Crippen molar-refractivity contribution in [3.8, 4) is 11.3 Å². The molecule has 3 nitrogen and oxygen atoms in total. The quantitative estimate of drug-likeness (QED) is 0.876. The van der Waals surface area contributed by atoms with Crippen LogP contribution < -0.4 is 5.32 Å². The van der Waals surface area contributed by atoms with Gasteiger partial charge < -0.3 is 5.32 Å². The Balaban J connectivity index is 1.92. The van der Waals surface area contributed by atoms with Gasteiger partial charge in [-0.3, -0.25) is 5.10 Å². The molecule has 0 aliphatic carbocycles. The molecule has 0 spiro atoms. The van der Waals surface area contributed by atoms with Gasteiger partial charge in [0.2, 0.25) is 0 Å². The van der Waals surface area contributed by atoms with Crippen molar-refractivity contribution in [2.24, 2.45) is 0 Å². The molecule has 1 aliphatic heterocycles. The van der Waals surface area contributed by atoms with Gasteiger partial charge in [-0.25, -0.2) is 0 Å². The second-order valence-corrected chi connectivity index (χ2v) is 5.91. The number of nitrogens with zero attached hydrogens (tertiary/aromatic N) is 1. The van der Waals surface area contributed by atoms with E-state index in [0.29, 0.717) is 5.92 Å². The van der Waals surface area contributed by atoms with Crippen LogP contribution >= 0.6 is 0 Å². The first-order valence-electron chi connectivity index (χ1n) is 7.50. The number of benzene rings is 1. The number of hydrogen-bond acceptors (Lipinski definition) is 2. The Morgan fingerprint density at radius 3 is 2.55 bits per heavy atom. The monoisotopic (exact) mass is 269 g/mol. The summed E-state index contributed by atoms with van der Waals surface area (Å²) < 4.78 is 0. The van der Waals surface area contributed by atoms with Crippen molar-refractivity contribution in [3.63, 3.8) is 0 Å². The van der Waals surface area contributed by atoms with E-state index in [1.54, 1.807) is 0 Å². The van der Waals surface area contributed by atoms with Gasteiger partial charge in [-0.15, -0.1) is 0 Å². The van der Waals surface area contributed by atoms with Crippen molar-refractivity contribution in [1.29, 1.82) is 0 Å². The molecular weight excluding hydrogens is 246 g/mol. The molecule has 0 radical (unpaired) electrons. The highest BCUT2D eigenvalue weighted by atomic mass is 15.1. The summed E-state index contributed by atoms with van der Waals surface area (Å²) in [6.07, 6.45) is 2.40. The van der Waals surface area contributed by atoms with Crippen molar-refractivity contribution in [2.75, 3.05) is 13.1 Å². The molecule has 0 unspecified atom stereocenters. The second kappa shape index (κ2) is 5.41. The number of aromatic nitrogens is 2. The third-order valence-corrected chi connectivity index (χ3v) is 4.71. The van der Waals surface area contributed by atoms with Crippen molar-refractivity contribution >= 4 is 0 Å². The summed E-state index contributed by atoms with van der Waals surface area (Å²) in [5, 5.41) is 11.2. The van der Waals surface area contributed by atoms with E-state index in [-0.39, 0.29) is 0 Å². The van der Waals surface area contributed by atoms with Gasteiger partial charge >= 0.3 is 0 Å². The summed E-state index contributed by atoms with van der Waals surface area (Å²) in [5.41, 5.74) is 7.69. The molecule has 2 aromatic rings. The Morgan fingerprint density at radius 2 is 1.80 bits per heavy atom. The van der Waals surface area contributed by atoms with Gasteiger partial charge in [-0.05, 0) is 69.5 Å². The third-order valence-electron chi connectivity index (χ3n) is 4.71. The van der Waals surface area contributed by atoms with Gasteiger partial charge in [-0.1, -0.05) is 12.1 Å². The minimum absolute atomic E-state index is 0.629. The number of hydrogen-bond donors (Lipinski definition) is 2. The van der Waals surface area contributed by atoms with Crippen molar-refractivity contribution < 1.29 is 0 Å². The molecule has 1 aromatic carbocycles. The lowest BCUT2D eigenvalue weighted by molar-refractivity contribution is 0.453. The van der Waals surface area contributed by atoms with Crippen LogP contribution in [0.2, 0.25) is 0 Å². The molecule has 0 atom stereocenters. The Bertz CT molecular complexity index is 607. The third kappa shape index (κ3) is 2.38. The molecule has 2 N–H and O–H groups in total. The normalized spacial score (nSPS) is 16.6. The molecule has 1 fully saturated rings. The fraction of sp³-hybridized carbons (Fsp3) is 0.471. The topological polar surface area (TPSA) is 40.7 Å². The summed E-state index contributed by atoms with van der Waals surface area (Å²) in [4.78, 5) is 0. The highest BCUT2D eigenvalue weighted by Gasteiger charge is 2.18. The Labute approximate surface area is 120 Å². The first-order valence-corrected chi connectivity index (χ1v) is 7.50. The number of H-pyrrole nitrogens is 1. The van der Waals surface area contributed by atoms with E-state index in [1.807, 2.05) is 0 Å². The smallest absolute Gasteiger partial charge is 0.0926 e. The zero-order valence-corrected chi connectivity index (χ0v) is 12.6. The van der Waals surface area contributed by atoms with Crippen molar-refractivity contribution in [3.05, 3.63) is 40.6 Å². The molecule has 106 valence electrons. The van der Waals surface area contributed by atoms with Gasteiger partial charge in [0.15, 0.2) is 0 Å². The molecule has 20 heavy (non-hydrogen) atoms. The van der Waals surface area contributed by atoms with Crippen LogP contribution in [0.3, 0.4) is 0 Å². The highest BCUT2D eigenvalue weighted by Crippen LogP contribution is 2.30. The minimum atomic E-state index is 0.629. The molecule has 0 amide bonds. The first kappa shape index (κ1) is 13.4. The SMILES string of the molecule is Cc1ccc(-c2cc(C3CCNCC3)[nH]n2)c(C)c1C. The molecule has 1 saturated heterocycles. The van der Waals surface area contributed by atoms with Crippen LogP contribution in [0.1, 0.15) is 41.1 Å². The molecule has 3 rings (SSSR count). The Kier molecular flexibility index (Phi) is 3.62. The number of rotatable bonds is 2. The molecule has 0 saturated carbocycles. The summed E-state index contributed by atoms with van der Waals surface area (Å²) in [5.74, 6) is 0.629. The van der Waals surface area contributed by atoms with Gasteiger partial charge in [0.25, 0.3) is 0 Å². The standard InChI is InChI=1S/C17H23N3/c1-11-4-5-15(13(3)12(11)2)17-10-16(19-20-17)14-6-8-18-9-7-14/h4-5,10,14,18H,6-9H2,1-3H3,(H,19,20). The van der Waals surface area contributed by atoms with Gasteiger partial charge in [0.05, 0.1) is 5.69 Å². The van der Waals surface area contributed by atoms with E-state index in [2.05, 4.69) is 54.5 Å². The zero-order valence-electron chi connectivity index (χ0n) is 12.6. The maximum Gasteiger partial charge on any atom is 0.0926 e. The molecule has 0 bridgehead atoms. The van der Waals surface area contributed by atoms with E-state index >= 15 is 0 Å². The van der Waals surface area contributed by atoms with Crippen molar-refractivity contribution in [1.82, 2.24) is 15.5 Å². The van der Waals surface area contributed by atoms with Crippen molar-refractivity contribution in [2.45, 2.75) is 39.5 Å². The fourth-order valence-electron chi connectivity index (χ4n) is 3.05. The van der Waals surface area contributed by atoms with Crippen LogP contribution in [0.25, 0.3) is 11.3 Å². The van der Waals surface area contributed by atoms with Crippen LogP contribution in [0.15, 0.2) is 18.2 Å². The van der Waals surface area contributed by atoms with E-state index in [0.717, 1.165) is 18.8 Å². The maximum atomic E-state index is 4.55. The lowest BCUT2D eigenvalue weighted by atomic mass is 9.93. The number of nitrogens with one attached hydrogen (secondary N) is 2. The Morgan fingerprint density at radius 1 is 1.05 bits per heavy atom. The fourth-order valence-corrected chi connectivity index (χ4v) is 3.05. The van der Waals surface area contributed by atoms with Gasteiger partial charge in [0, 0.05) is 17.2 Å². The summed E-state index contributed by atoms with van der Waals surface area (Å²) in [6, 6.07) is 6.63. The first-order chi connectivity index (χ1) is 9.66. The average Bonchev–Trinajstić information content (AvgIpc) is 2.95. The molecule has 2 heterocycles. The summed E-state index contributed by atoms with van der Waals surface area (Å²) in [6.45, 7) is 8.77. The van der Waals surface area contributed by atoms with Crippen LogP contribution in [-0.4, -0.2) is 23.3 Å². The predicted octanol–water partition coefficient (Wildman–Crippen LogP) is 3.47. The minimum Gasteiger partial charge on any atom is -0.317 e. The van der Waals surface area contributed by atoms with E-state index in [1.165, 1.54) is 40.8 Å². The van der Waals surface area contributed by atoms with Crippen LogP contribution in [0.4, 0.5) is 0 Å². The van der Waals surface area contributed by atoms with Crippen LogP contribution in [0, 0.1) is 20.8 Å². The Hall–Kier alpha value is -1.61. The highest BCUT2D eigenvalue weighted by molar-refractivity contribution is 5.66. The van der Waals surface area contributed by atoms with Gasteiger partial charge in [0.1, 0.15) is 0 Å².